The van der Waals surface area contributed by atoms with E-state index in [9.17, 15) is 0 Å². The minimum Gasteiger partial charge on any atom is -0.382 e. The van der Waals surface area contributed by atoms with Gasteiger partial charge in [-0.2, -0.15) is 0 Å². The van der Waals surface area contributed by atoms with E-state index in [1.54, 1.807) is 7.11 Å². The van der Waals surface area contributed by atoms with Gasteiger partial charge in [0.2, 0.25) is 0 Å². The molecule has 1 aliphatic carbocycles. The molecule has 3 unspecified atom stereocenters. The van der Waals surface area contributed by atoms with E-state index in [2.05, 4.69) is 6.92 Å². The molecule has 13 heavy (non-hydrogen) atoms. The molecule has 2 nitrogen and oxygen atoms in total. The molecule has 0 bridgehead atoms. The molecule has 2 N–H and O–H groups in total. The second-order valence-corrected chi connectivity index (χ2v) is 4.34. The Morgan fingerprint density at radius 2 is 2.00 bits per heavy atom. The summed E-state index contributed by atoms with van der Waals surface area (Å²) < 4.78 is 5.29. The molecule has 1 aliphatic rings. The van der Waals surface area contributed by atoms with Crippen LogP contribution in [0.1, 0.15) is 45.4 Å². The highest BCUT2D eigenvalue weighted by Gasteiger charge is 2.21. The topological polar surface area (TPSA) is 35.2 Å². The van der Waals surface area contributed by atoms with Crippen LogP contribution >= 0.6 is 0 Å². The molecule has 0 spiro atoms. The molecule has 0 heterocycles. The highest BCUT2D eigenvalue weighted by molar-refractivity contribution is 4.77. The van der Waals surface area contributed by atoms with Gasteiger partial charge in [-0.25, -0.2) is 0 Å². The van der Waals surface area contributed by atoms with Crippen LogP contribution in [0.3, 0.4) is 0 Å². The summed E-state index contributed by atoms with van der Waals surface area (Å²) in [5, 5.41) is 0. The van der Waals surface area contributed by atoms with Crippen molar-refractivity contribution in [3.63, 3.8) is 0 Å². The van der Waals surface area contributed by atoms with Crippen molar-refractivity contribution in [2.45, 2.75) is 57.6 Å². The van der Waals surface area contributed by atoms with Gasteiger partial charge >= 0.3 is 0 Å². The van der Waals surface area contributed by atoms with Gasteiger partial charge in [0, 0.05) is 13.2 Å². The van der Waals surface area contributed by atoms with E-state index in [0.717, 1.165) is 6.42 Å². The van der Waals surface area contributed by atoms with Gasteiger partial charge in [0.15, 0.2) is 0 Å². The Balaban J connectivity index is 2.35. The zero-order valence-corrected chi connectivity index (χ0v) is 8.96. The summed E-state index contributed by atoms with van der Waals surface area (Å²) in [5.74, 6) is 0.692. The van der Waals surface area contributed by atoms with Gasteiger partial charge in [0.25, 0.3) is 0 Å². The number of methoxy groups -OCH3 is 1. The standard InChI is InChI=1S/C11H23NO/c1-9(13-2)8-10-6-4-3-5-7-11(10)12/h9-11H,3-8,12H2,1-2H3. The highest BCUT2D eigenvalue weighted by atomic mass is 16.5. The lowest BCUT2D eigenvalue weighted by Gasteiger charge is -2.23. The molecule has 0 radical (unpaired) electrons. The molecule has 0 aromatic heterocycles. The molecule has 1 rings (SSSR count). The Labute approximate surface area is 81.8 Å². The molecule has 1 saturated carbocycles. The van der Waals surface area contributed by atoms with E-state index in [1.165, 1.54) is 32.1 Å². The van der Waals surface area contributed by atoms with E-state index in [1.807, 2.05) is 0 Å². The van der Waals surface area contributed by atoms with E-state index in [-0.39, 0.29) is 0 Å². The number of rotatable bonds is 3. The third kappa shape index (κ3) is 3.65. The van der Waals surface area contributed by atoms with Gasteiger partial charge in [-0.15, -0.1) is 0 Å². The van der Waals surface area contributed by atoms with Crippen LogP contribution in [0.2, 0.25) is 0 Å². The fourth-order valence-electron chi connectivity index (χ4n) is 2.23. The van der Waals surface area contributed by atoms with E-state index < -0.39 is 0 Å². The smallest absolute Gasteiger partial charge is 0.0546 e. The lowest BCUT2D eigenvalue weighted by Crippen LogP contribution is -2.31. The normalized spacial score (nSPS) is 32.5. The van der Waals surface area contributed by atoms with Gasteiger partial charge in [0.05, 0.1) is 6.10 Å². The van der Waals surface area contributed by atoms with E-state index in [0.29, 0.717) is 18.1 Å². The second kappa shape index (κ2) is 5.61. The molecule has 3 atom stereocenters. The van der Waals surface area contributed by atoms with Crippen LogP contribution < -0.4 is 5.73 Å². The zero-order valence-electron chi connectivity index (χ0n) is 8.96. The third-order valence-electron chi connectivity index (χ3n) is 3.25. The highest BCUT2D eigenvalue weighted by Crippen LogP contribution is 2.26. The first kappa shape index (κ1) is 11.0. The lowest BCUT2D eigenvalue weighted by molar-refractivity contribution is 0.0889. The van der Waals surface area contributed by atoms with Gasteiger partial charge in [-0.05, 0) is 32.1 Å². The molecule has 2 heteroatoms. The van der Waals surface area contributed by atoms with Crippen LogP contribution in [0, 0.1) is 5.92 Å². The van der Waals surface area contributed by atoms with Gasteiger partial charge in [0.1, 0.15) is 0 Å². The second-order valence-electron chi connectivity index (χ2n) is 4.34. The Bertz CT molecular complexity index is 138. The number of nitrogens with two attached hydrogens (primary N) is 1. The van der Waals surface area contributed by atoms with Crippen LogP contribution in [0.5, 0.6) is 0 Å². The predicted molar refractivity (Wildman–Crippen MR) is 55.6 cm³/mol. The number of hydrogen-bond donors (Lipinski definition) is 1. The molecular formula is C11H23NO. The summed E-state index contributed by atoms with van der Waals surface area (Å²) in [5.41, 5.74) is 6.13. The Kier molecular flexibility index (Phi) is 4.74. The summed E-state index contributed by atoms with van der Waals surface area (Å²) in [7, 11) is 1.78. The maximum atomic E-state index is 6.13. The molecular weight excluding hydrogens is 162 g/mol. The quantitative estimate of drug-likeness (QED) is 0.685. The van der Waals surface area contributed by atoms with Crippen molar-refractivity contribution < 1.29 is 4.74 Å². The monoisotopic (exact) mass is 185 g/mol. The molecule has 0 saturated heterocycles. The van der Waals surface area contributed by atoms with Crippen molar-refractivity contribution in [2.24, 2.45) is 11.7 Å². The first-order valence-corrected chi connectivity index (χ1v) is 5.52. The van der Waals surface area contributed by atoms with Crippen LogP contribution in [-0.2, 0) is 4.74 Å². The third-order valence-corrected chi connectivity index (χ3v) is 3.25. The van der Waals surface area contributed by atoms with Crippen molar-refractivity contribution in [1.82, 2.24) is 0 Å². The van der Waals surface area contributed by atoms with Gasteiger partial charge in [-0.1, -0.05) is 19.3 Å². The van der Waals surface area contributed by atoms with E-state index >= 15 is 0 Å². The maximum absolute atomic E-state index is 6.13. The summed E-state index contributed by atoms with van der Waals surface area (Å²) in [6, 6.07) is 0.417. The largest absolute Gasteiger partial charge is 0.382 e. The maximum Gasteiger partial charge on any atom is 0.0546 e. The fourth-order valence-corrected chi connectivity index (χ4v) is 2.23. The molecule has 0 aliphatic heterocycles. The summed E-state index contributed by atoms with van der Waals surface area (Å²) in [6.07, 6.45) is 8.06. The molecule has 0 aromatic carbocycles. The van der Waals surface area contributed by atoms with Gasteiger partial charge < -0.3 is 10.5 Å². The lowest BCUT2D eigenvalue weighted by atomic mass is 9.90. The average molecular weight is 185 g/mol. The predicted octanol–water partition coefficient (Wildman–Crippen LogP) is 2.32. The molecule has 0 amide bonds. The van der Waals surface area contributed by atoms with Crippen LogP contribution in [0.4, 0.5) is 0 Å². The van der Waals surface area contributed by atoms with Crippen molar-refractivity contribution in [3.8, 4) is 0 Å². The first-order chi connectivity index (χ1) is 6.24. The van der Waals surface area contributed by atoms with Crippen molar-refractivity contribution in [1.29, 1.82) is 0 Å². The minimum absolute atomic E-state index is 0.370. The Morgan fingerprint density at radius 3 is 2.69 bits per heavy atom. The zero-order chi connectivity index (χ0) is 9.68. The summed E-state index contributed by atoms with van der Waals surface area (Å²) in [6.45, 7) is 2.14. The Morgan fingerprint density at radius 1 is 1.31 bits per heavy atom. The number of ether oxygens (including phenoxy) is 1. The SMILES string of the molecule is COC(C)CC1CCCCCC1N. The minimum atomic E-state index is 0.370. The summed E-state index contributed by atoms with van der Waals surface area (Å²) >= 11 is 0. The Hall–Kier alpha value is -0.0800. The molecule has 78 valence electrons. The first-order valence-electron chi connectivity index (χ1n) is 5.52. The van der Waals surface area contributed by atoms with Crippen LogP contribution in [0.15, 0.2) is 0 Å². The summed E-state index contributed by atoms with van der Waals surface area (Å²) in [4.78, 5) is 0. The molecule has 0 aromatic rings. The number of hydrogen-bond acceptors (Lipinski definition) is 2. The van der Waals surface area contributed by atoms with Crippen molar-refractivity contribution in [2.75, 3.05) is 7.11 Å². The van der Waals surface area contributed by atoms with Crippen LogP contribution in [0.25, 0.3) is 0 Å². The fraction of sp³-hybridized carbons (Fsp3) is 1.00. The van der Waals surface area contributed by atoms with Crippen molar-refractivity contribution in [3.05, 3.63) is 0 Å². The average Bonchev–Trinajstić information content (AvgIpc) is 2.32. The molecule has 1 fully saturated rings. The van der Waals surface area contributed by atoms with E-state index in [4.69, 9.17) is 10.5 Å². The van der Waals surface area contributed by atoms with Crippen LogP contribution in [-0.4, -0.2) is 19.3 Å². The van der Waals surface area contributed by atoms with Gasteiger partial charge in [-0.3, -0.25) is 0 Å². The van der Waals surface area contributed by atoms with Crippen molar-refractivity contribution >= 4 is 0 Å².